The summed E-state index contributed by atoms with van der Waals surface area (Å²) in [6, 6.07) is 5.77. The summed E-state index contributed by atoms with van der Waals surface area (Å²) >= 11 is 3.09. The molecular weight excluding hydrogens is 370 g/mol. The van der Waals surface area contributed by atoms with Gasteiger partial charge in [0.2, 0.25) is 0 Å². The van der Waals surface area contributed by atoms with Gasteiger partial charge in [0.25, 0.3) is 5.91 Å². The Morgan fingerprint density at radius 1 is 1.31 bits per heavy atom. The van der Waals surface area contributed by atoms with Gasteiger partial charge in [0.1, 0.15) is 5.69 Å². The zero-order valence-electron chi connectivity index (χ0n) is 14.1. The fraction of sp³-hybridized carbons (Fsp3) is 0.353. The molecule has 9 heteroatoms. The number of hydrogen-bond acceptors (Lipinski definition) is 8. The lowest BCUT2D eigenvalue weighted by Gasteiger charge is -2.25. The van der Waals surface area contributed by atoms with Crippen LogP contribution in [0.5, 0.6) is 0 Å². The van der Waals surface area contributed by atoms with E-state index in [9.17, 15) is 4.79 Å². The molecule has 2 aromatic heterocycles. The SMILES string of the molecule is NCCc1nc(C(=O)Nc2ccc3nc(N4CCOCC4)sc3c2)cs1. The van der Waals surface area contributed by atoms with Crippen molar-refractivity contribution in [3.8, 4) is 0 Å². The maximum Gasteiger partial charge on any atom is 0.275 e. The highest BCUT2D eigenvalue weighted by atomic mass is 32.1. The molecule has 3 N–H and O–H groups in total. The van der Waals surface area contributed by atoms with E-state index in [4.69, 9.17) is 15.5 Å². The number of morpholine rings is 1. The first kappa shape index (κ1) is 17.3. The zero-order valence-corrected chi connectivity index (χ0v) is 15.7. The first-order valence-corrected chi connectivity index (χ1v) is 10.1. The van der Waals surface area contributed by atoms with Gasteiger partial charge in [0.15, 0.2) is 5.13 Å². The third-order valence-corrected chi connectivity index (χ3v) is 6.05. The number of aromatic nitrogens is 2. The highest BCUT2D eigenvalue weighted by Gasteiger charge is 2.16. The van der Waals surface area contributed by atoms with Crippen LogP contribution >= 0.6 is 22.7 Å². The molecule has 4 rings (SSSR count). The Morgan fingerprint density at radius 2 is 2.15 bits per heavy atom. The second-order valence-corrected chi connectivity index (χ2v) is 7.85. The van der Waals surface area contributed by atoms with Crippen molar-refractivity contribution < 1.29 is 9.53 Å². The number of amides is 1. The number of nitrogens with zero attached hydrogens (tertiary/aromatic N) is 3. The number of rotatable bonds is 5. The lowest BCUT2D eigenvalue weighted by Crippen LogP contribution is -2.36. The van der Waals surface area contributed by atoms with Crippen molar-refractivity contribution in [1.82, 2.24) is 9.97 Å². The lowest BCUT2D eigenvalue weighted by molar-refractivity contribution is 0.102. The third kappa shape index (κ3) is 3.70. The minimum absolute atomic E-state index is 0.207. The summed E-state index contributed by atoms with van der Waals surface area (Å²) < 4.78 is 6.44. The molecule has 1 amide bonds. The number of carbonyl (C=O) groups is 1. The Morgan fingerprint density at radius 3 is 2.96 bits per heavy atom. The van der Waals surface area contributed by atoms with Crippen molar-refractivity contribution in [2.75, 3.05) is 43.1 Å². The summed E-state index contributed by atoms with van der Waals surface area (Å²) in [5, 5.41) is 6.56. The Hall–Kier alpha value is -2.07. The number of nitrogens with one attached hydrogen (secondary N) is 1. The van der Waals surface area contributed by atoms with Crippen molar-refractivity contribution in [3.63, 3.8) is 0 Å². The van der Waals surface area contributed by atoms with Gasteiger partial charge in [0.05, 0.1) is 28.4 Å². The number of anilines is 2. The summed E-state index contributed by atoms with van der Waals surface area (Å²) in [4.78, 5) is 23.6. The number of benzene rings is 1. The van der Waals surface area contributed by atoms with Crippen LogP contribution in [0, 0.1) is 0 Å². The molecule has 1 fully saturated rings. The molecule has 0 atom stereocenters. The van der Waals surface area contributed by atoms with Crippen molar-refractivity contribution in [3.05, 3.63) is 34.3 Å². The molecule has 3 aromatic rings. The summed E-state index contributed by atoms with van der Waals surface area (Å²) in [6.07, 6.45) is 0.690. The van der Waals surface area contributed by atoms with Gasteiger partial charge in [-0.1, -0.05) is 11.3 Å². The molecule has 7 nitrogen and oxygen atoms in total. The number of thiazole rings is 2. The second kappa shape index (κ2) is 7.67. The molecule has 0 radical (unpaired) electrons. The largest absolute Gasteiger partial charge is 0.378 e. The van der Waals surface area contributed by atoms with E-state index in [0.29, 0.717) is 18.7 Å². The van der Waals surface area contributed by atoms with E-state index in [2.05, 4.69) is 15.2 Å². The van der Waals surface area contributed by atoms with Crippen molar-refractivity contribution >= 4 is 49.6 Å². The smallest absolute Gasteiger partial charge is 0.275 e. The maximum atomic E-state index is 12.4. The molecule has 1 aromatic carbocycles. The summed E-state index contributed by atoms with van der Waals surface area (Å²) in [7, 11) is 0. The van der Waals surface area contributed by atoms with Crippen LogP contribution in [-0.4, -0.2) is 48.7 Å². The Bertz CT molecular complexity index is 917. The second-order valence-electron chi connectivity index (χ2n) is 5.90. The monoisotopic (exact) mass is 389 g/mol. The molecular formula is C17H19N5O2S2. The Labute approximate surface area is 158 Å². The molecule has 26 heavy (non-hydrogen) atoms. The average Bonchev–Trinajstić information content (AvgIpc) is 3.29. The van der Waals surface area contributed by atoms with E-state index >= 15 is 0 Å². The van der Waals surface area contributed by atoms with E-state index < -0.39 is 0 Å². The average molecular weight is 390 g/mol. The predicted molar refractivity (Wildman–Crippen MR) is 105 cm³/mol. The molecule has 3 heterocycles. The fourth-order valence-corrected chi connectivity index (χ4v) is 4.58. The maximum absolute atomic E-state index is 12.4. The first-order chi connectivity index (χ1) is 12.7. The third-order valence-electron chi connectivity index (χ3n) is 4.06. The van der Waals surface area contributed by atoms with E-state index in [1.807, 2.05) is 18.2 Å². The van der Waals surface area contributed by atoms with E-state index in [0.717, 1.165) is 52.3 Å². The Balaban J connectivity index is 1.50. The van der Waals surface area contributed by atoms with Gasteiger partial charge in [-0.2, -0.15) is 0 Å². The summed E-state index contributed by atoms with van der Waals surface area (Å²) in [5.41, 5.74) is 7.64. The molecule has 0 spiro atoms. The Kier molecular flexibility index (Phi) is 5.11. The predicted octanol–water partition coefficient (Wildman–Crippen LogP) is 2.34. The fourth-order valence-electron chi connectivity index (χ4n) is 2.73. The van der Waals surface area contributed by atoms with Crippen LogP contribution in [0.2, 0.25) is 0 Å². The van der Waals surface area contributed by atoms with Gasteiger partial charge in [-0.25, -0.2) is 9.97 Å². The van der Waals surface area contributed by atoms with Crippen molar-refractivity contribution in [2.24, 2.45) is 5.73 Å². The topological polar surface area (TPSA) is 93.4 Å². The van der Waals surface area contributed by atoms with Gasteiger partial charge >= 0.3 is 0 Å². The van der Waals surface area contributed by atoms with E-state index in [1.165, 1.54) is 11.3 Å². The van der Waals surface area contributed by atoms with E-state index in [-0.39, 0.29) is 5.91 Å². The number of nitrogens with two attached hydrogens (primary N) is 1. The quantitative estimate of drug-likeness (QED) is 0.696. The van der Waals surface area contributed by atoms with Gasteiger partial charge in [0, 0.05) is 30.6 Å². The molecule has 1 aliphatic rings. The van der Waals surface area contributed by atoms with Crippen molar-refractivity contribution in [1.29, 1.82) is 0 Å². The highest BCUT2D eigenvalue weighted by Crippen LogP contribution is 2.31. The molecule has 1 aliphatic heterocycles. The number of fused-ring (bicyclic) bond motifs is 1. The number of ether oxygens (including phenoxy) is 1. The van der Waals surface area contributed by atoms with Crippen molar-refractivity contribution in [2.45, 2.75) is 6.42 Å². The van der Waals surface area contributed by atoms with Gasteiger partial charge in [-0.05, 0) is 24.7 Å². The molecule has 136 valence electrons. The van der Waals surface area contributed by atoms with Crippen LogP contribution in [0.4, 0.5) is 10.8 Å². The lowest BCUT2D eigenvalue weighted by atomic mass is 10.3. The zero-order chi connectivity index (χ0) is 17.9. The van der Waals surface area contributed by atoms with Crippen LogP contribution in [0.15, 0.2) is 23.6 Å². The summed E-state index contributed by atoms with van der Waals surface area (Å²) in [5.74, 6) is -0.207. The molecule has 0 unspecified atom stereocenters. The van der Waals surface area contributed by atoms with Crippen LogP contribution < -0.4 is 16.0 Å². The van der Waals surface area contributed by atoms with Crippen LogP contribution in [0.1, 0.15) is 15.5 Å². The van der Waals surface area contributed by atoms with Crippen LogP contribution in [0.3, 0.4) is 0 Å². The van der Waals surface area contributed by atoms with Gasteiger partial charge in [-0.3, -0.25) is 4.79 Å². The van der Waals surface area contributed by atoms with Gasteiger partial charge < -0.3 is 20.7 Å². The molecule has 0 bridgehead atoms. The molecule has 0 saturated carbocycles. The minimum Gasteiger partial charge on any atom is -0.378 e. The normalized spacial score (nSPS) is 14.7. The van der Waals surface area contributed by atoms with Crippen LogP contribution in [0.25, 0.3) is 10.2 Å². The summed E-state index contributed by atoms with van der Waals surface area (Å²) in [6.45, 7) is 3.72. The minimum atomic E-state index is -0.207. The first-order valence-electron chi connectivity index (χ1n) is 8.42. The number of hydrogen-bond donors (Lipinski definition) is 2. The van der Waals surface area contributed by atoms with Crippen LogP contribution in [-0.2, 0) is 11.2 Å². The van der Waals surface area contributed by atoms with E-state index in [1.54, 1.807) is 16.7 Å². The molecule has 0 aliphatic carbocycles. The standard InChI is InChI=1S/C17H19N5O2S2/c18-4-3-15-20-13(10-25-15)16(23)19-11-1-2-12-14(9-11)26-17(21-12)22-5-7-24-8-6-22/h1-2,9-10H,3-8,18H2,(H,19,23). The highest BCUT2D eigenvalue weighted by molar-refractivity contribution is 7.22. The number of carbonyl (C=O) groups excluding carboxylic acids is 1. The van der Waals surface area contributed by atoms with Gasteiger partial charge in [-0.15, -0.1) is 11.3 Å². The molecule has 1 saturated heterocycles.